The second kappa shape index (κ2) is 7.05. The summed E-state index contributed by atoms with van der Waals surface area (Å²) in [5.41, 5.74) is 1.15. The molecule has 0 radical (unpaired) electrons. The normalized spacial score (nSPS) is 16.4. The van der Waals surface area contributed by atoms with Crippen molar-refractivity contribution in [1.82, 2.24) is 14.6 Å². The van der Waals surface area contributed by atoms with Crippen LogP contribution in [0.25, 0.3) is 0 Å². The zero-order valence-electron chi connectivity index (χ0n) is 13.6. The Kier molecular flexibility index (Phi) is 4.85. The summed E-state index contributed by atoms with van der Waals surface area (Å²) in [7, 11) is -3.68. The van der Waals surface area contributed by atoms with Crippen molar-refractivity contribution in [2.24, 2.45) is 0 Å². The van der Waals surface area contributed by atoms with Crippen molar-refractivity contribution in [3.05, 3.63) is 72.2 Å². The lowest BCUT2D eigenvalue weighted by Gasteiger charge is -2.36. The third-order valence-electron chi connectivity index (χ3n) is 4.15. The van der Waals surface area contributed by atoms with Crippen LogP contribution in [0.15, 0.2) is 71.7 Å². The number of sulfonamides is 1. The lowest BCUT2D eigenvalue weighted by Crippen LogP contribution is -2.39. The number of benzene rings is 1. The third kappa shape index (κ3) is 3.59. The quantitative estimate of drug-likeness (QED) is 0.906. The molecule has 3 rings (SSSR count). The van der Waals surface area contributed by atoms with Crippen molar-refractivity contribution in [1.29, 1.82) is 0 Å². The van der Waals surface area contributed by atoms with E-state index in [-0.39, 0.29) is 11.1 Å². The molecule has 24 heavy (non-hydrogen) atoms. The predicted octanol–water partition coefficient (Wildman–Crippen LogP) is 3.06. The number of nitrogens with zero attached hydrogens (tertiary/aromatic N) is 2. The van der Waals surface area contributed by atoms with Gasteiger partial charge in [0.25, 0.3) is 10.0 Å². The van der Waals surface area contributed by atoms with E-state index in [1.54, 1.807) is 12.1 Å². The van der Waals surface area contributed by atoms with Gasteiger partial charge in [0.15, 0.2) is 5.03 Å². The van der Waals surface area contributed by atoms with Gasteiger partial charge in [-0.2, -0.15) is 8.42 Å². The number of pyridine rings is 1. The van der Waals surface area contributed by atoms with Crippen LogP contribution in [0.3, 0.4) is 0 Å². The molecule has 0 bridgehead atoms. The summed E-state index contributed by atoms with van der Waals surface area (Å²) in [4.78, 5) is 6.04. The summed E-state index contributed by atoms with van der Waals surface area (Å²) in [5.74, 6) is 0.628. The van der Waals surface area contributed by atoms with E-state index in [2.05, 4.69) is 33.7 Å². The second-order valence-electron chi connectivity index (χ2n) is 5.79. The summed E-state index contributed by atoms with van der Waals surface area (Å²) in [6.07, 6.45) is 5.29. The molecule has 5 nitrogen and oxygen atoms in total. The van der Waals surface area contributed by atoms with Gasteiger partial charge in [-0.15, -0.1) is 0 Å². The molecule has 126 valence electrons. The summed E-state index contributed by atoms with van der Waals surface area (Å²) in [5, 5.41) is 0.0313. The van der Waals surface area contributed by atoms with Gasteiger partial charge in [0.1, 0.15) is 5.82 Å². The molecule has 0 spiro atoms. The summed E-state index contributed by atoms with van der Waals surface area (Å²) >= 11 is 0. The van der Waals surface area contributed by atoms with Crippen LogP contribution >= 0.6 is 0 Å². The predicted molar refractivity (Wildman–Crippen MR) is 93.4 cm³/mol. The van der Waals surface area contributed by atoms with E-state index in [0.29, 0.717) is 5.82 Å². The van der Waals surface area contributed by atoms with E-state index in [1.807, 2.05) is 24.3 Å². The molecule has 1 aromatic heterocycles. The molecule has 1 N–H and O–H groups in total. The van der Waals surface area contributed by atoms with Crippen molar-refractivity contribution in [3.8, 4) is 0 Å². The van der Waals surface area contributed by atoms with Crippen LogP contribution in [0.2, 0.25) is 0 Å². The summed E-state index contributed by atoms with van der Waals surface area (Å²) < 4.78 is 27.8. The molecule has 1 aliphatic heterocycles. The number of aromatic nitrogens is 1. The Morgan fingerprint density at radius 3 is 2.58 bits per heavy atom. The number of allylic oxidation sites excluding steroid dienone is 1. The van der Waals surface area contributed by atoms with Gasteiger partial charge in [-0.3, -0.25) is 4.72 Å². The van der Waals surface area contributed by atoms with Gasteiger partial charge in [0, 0.05) is 12.7 Å². The first-order valence-corrected chi connectivity index (χ1v) is 9.52. The number of nitrogens with one attached hydrogen (secondary N) is 1. The Morgan fingerprint density at radius 1 is 1.12 bits per heavy atom. The van der Waals surface area contributed by atoms with Crippen molar-refractivity contribution >= 4 is 10.0 Å². The fraction of sp³-hybridized carbons (Fsp3) is 0.278. The maximum Gasteiger partial charge on any atom is 0.280 e. The van der Waals surface area contributed by atoms with Crippen LogP contribution in [0.4, 0.5) is 0 Å². The third-order valence-corrected chi connectivity index (χ3v) is 5.42. The molecule has 0 fully saturated rings. The lowest BCUT2D eigenvalue weighted by molar-refractivity contribution is 0.246. The Hall–Kier alpha value is -2.34. The van der Waals surface area contributed by atoms with Gasteiger partial charge < -0.3 is 4.90 Å². The van der Waals surface area contributed by atoms with E-state index in [1.165, 1.54) is 12.3 Å². The topological polar surface area (TPSA) is 62.3 Å². The molecule has 1 atom stereocenters. The smallest absolute Gasteiger partial charge is 0.280 e. The number of hydrogen-bond donors (Lipinski definition) is 1. The fourth-order valence-corrected chi connectivity index (χ4v) is 3.89. The van der Waals surface area contributed by atoms with Crippen LogP contribution < -0.4 is 4.72 Å². The SMILES string of the molecule is CC(c1ccccc1)N1CCCC=C1NS(=O)(=O)c1ccccn1. The average molecular weight is 343 g/mol. The molecule has 2 aromatic rings. The van der Waals surface area contributed by atoms with E-state index < -0.39 is 10.0 Å². The van der Waals surface area contributed by atoms with Gasteiger partial charge in [0.05, 0.1) is 6.04 Å². The minimum absolute atomic E-state index is 0.0313. The molecule has 0 aliphatic carbocycles. The first kappa shape index (κ1) is 16.5. The Labute approximate surface area is 143 Å². The van der Waals surface area contributed by atoms with Crippen LogP contribution in [-0.4, -0.2) is 24.8 Å². The molecule has 1 unspecified atom stereocenters. The zero-order chi connectivity index (χ0) is 17.0. The van der Waals surface area contributed by atoms with Gasteiger partial charge in [0.2, 0.25) is 0 Å². The van der Waals surface area contributed by atoms with Crippen molar-refractivity contribution < 1.29 is 8.42 Å². The minimum atomic E-state index is -3.68. The Balaban J connectivity index is 1.84. The summed E-state index contributed by atoms with van der Waals surface area (Å²) in [6.45, 7) is 2.90. The largest absolute Gasteiger partial charge is 0.351 e. The highest BCUT2D eigenvalue weighted by Gasteiger charge is 2.25. The Bertz CT molecular complexity index is 805. The molecule has 0 saturated heterocycles. The minimum Gasteiger partial charge on any atom is -0.351 e. The molecule has 0 saturated carbocycles. The molecule has 0 amide bonds. The lowest BCUT2D eigenvalue weighted by atomic mass is 10.1. The molecule has 6 heteroatoms. The molecule has 1 aliphatic rings. The van der Waals surface area contributed by atoms with Gasteiger partial charge >= 0.3 is 0 Å². The maximum atomic E-state index is 12.6. The fourth-order valence-electron chi connectivity index (χ4n) is 2.85. The van der Waals surface area contributed by atoms with Crippen LogP contribution in [0.5, 0.6) is 0 Å². The zero-order valence-corrected chi connectivity index (χ0v) is 14.4. The highest BCUT2D eigenvalue weighted by Crippen LogP contribution is 2.27. The van der Waals surface area contributed by atoms with Crippen molar-refractivity contribution in [3.63, 3.8) is 0 Å². The highest BCUT2D eigenvalue weighted by atomic mass is 32.2. The number of hydrogen-bond acceptors (Lipinski definition) is 4. The van der Waals surface area contributed by atoms with Crippen molar-refractivity contribution in [2.45, 2.75) is 30.8 Å². The van der Waals surface area contributed by atoms with E-state index in [4.69, 9.17) is 0 Å². The van der Waals surface area contributed by atoms with Gasteiger partial charge in [-0.1, -0.05) is 36.4 Å². The molecular formula is C18H21N3O2S. The molecule has 1 aromatic carbocycles. The number of rotatable bonds is 5. The average Bonchev–Trinajstić information content (AvgIpc) is 2.63. The standard InChI is InChI=1S/C18H21N3O2S/c1-15(16-9-3-2-4-10-16)21-14-8-6-11-17(21)20-24(22,23)18-12-5-7-13-19-18/h2-5,7,9-13,15,20H,6,8,14H2,1H3. The first-order chi connectivity index (χ1) is 11.6. The van der Waals surface area contributed by atoms with Crippen LogP contribution in [0, 0.1) is 0 Å². The van der Waals surface area contributed by atoms with Gasteiger partial charge in [-0.05, 0) is 43.5 Å². The monoisotopic (exact) mass is 343 g/mol. The van der Waals surface area contributed by atoms with E-state index >= 15 is 0 Å². The highest BCUT2D eigenvalue weighted by molar-refractivity contribution is 7.89. The van der Waals surface area contributed by atoms with Gasteiger partial charge in [-0.25, -0.2) is 4.98 Å². The maximum absolute atomic E-state index is 12.6. The second-order valence-corrected chi connectivity index (χ2v) is 7.41. The Morgan fingerprint density at radius 2 is 1.88 bits per heavy atom. The van der Waals surface area contributed by atoms with Crippen molar-refractivity contribution in [2.75, 3.05) is 6.54 Å². The van der Waals surface area contributed by atoms with Crippen LogP contribution in [0.1, 0.15) is 31.4 Å². The van der Waals surface area contributed by atoms with Crippen LogP contribution in [-0.2, 0) is 10.0 Å². The molecule has 2 heterocycles. The summed E-state index contributed by atoms with van der Waals surface area (Å²) in [6, 6.07) is 15.0. The molecular weight excluding hydrogens is 322 g/mol. The van der Waals surface area contributed by atoms with E-state index in [0.717, 1.165) is 24.9 Å². The first-order valence-electron chi connectivity index (χ1n) is 8.03. The van der Waals surface area contributed by atoms with E-state index in [9.17, 15) is 8.42 Å².